The van der Waals surface area contributed by atoms with Gasteiger partial charge in [-0.1, -0.05) is 0 Å². The number of hydrazine groups is 1. The molecule has 0 unspecified atom stereocenters. The van der Waals surface area contributed by atoms with Crippen molar-refractivity contribution in [2.75, 3.05) is 25.4 Å². The van der Waals surface area contributed by atoms with Crippen LogP contribution in [0.2, 0.25) is 0 Å². The number of methoxy groups -OCH3 is 2. The van der Waals surface area contributed by atoms with Crippen molar-refractivity contribution in [1.29, 1.82) is 0 Å². The summed E-state index contributed by atoms with van der Waals surface area (Å²) in [6.07, 6.45) is 0. The first-order chi connectivity index (χ1) is 9.64. The average Bonchev–Trinajstić information content (AvgIpc) is 2.46. The minimum atomic E-state index is 0.0466. The number of nitrogen functional groups attached to an aromatic ring is 2. The van der Waals surface area contributed by atoms with E-state index in [1.54, 1.807) is 32.4 Å². The first-order valence-corrected chi connectivity index (χ1v) is 5.66. The Labute approximate surface area is 115 Å². The predicted molar refractivity (Wildman–Crippen MR) is 73.9 cm³/mol. The number of aromatic nitrogens is 2. The zero-order valence-electron chi connectivity index (χ0n) is 11.1. The fraction of sp³-hybridized carbons (Fsp3) is 0.167. The van der Waals surface area contributed by atoms with Crippen molar-refractivity contribution in [3.8, 4) is 23.1 Å². The van der Waals surface area contributed by atoms with Crippen LogP contribution in [0.3, 0.4) is 0 Å². The van der Waals surface area contributed by atoms with Crippen LogP contribution < -0.4 is 31.2 Å². The van der Waals surface area contributed by atoms with Crippen LogP contribution in [0.15, 0.2) is 24.3 Å². The van der Waals surface area contributed by atoms with Crippen molar-refractivity contribution < 1.29 is 14.2 Å². The van der Waals surface area contributed by atoms with E-state index in [1.807, 2.05) is 0 Å². The summed E-state index contributed by atoms with van der Waals surface area (Å²) in [5, 5.41) is 0. The molecule has 0 saturated heterocycles. The molecule has 5 N–H and O–H groups in total. The van der Waals surface area contributed by atoms with Crippen LogP contribution in [0.4, 0.5) is 11.8 Å². The highest BCUT2D eigenvalue weighted by molar-refractivity contribution is 5.46. The van der Waals surface area contributed by atoms with Gasteiger partial charge in [-0.05, 0) is 0 Å². The summed E-state index contributed by atoms with van der Waals surface area (Å²) in [7, 11) is 3.11. The van der Waals surface area contributed by atoms with E-state index in [4.69, 9.17) is 25.8 Å². The number of anilines is 2. The van der Waals surface area contributed by atoms with Gasteiger partial charge in [-0.15, -0.1) is 0 Å². The molecule has 8 heteroatoms. The lowest BCUT2D eigenvalue weighted by molar-refractivity contribution is 0.385. The second-order valence-corrected chi connectivity index (χ2v) is 3.74. The second kappa shape index (κ2) is 5.93. The molecule has 0 bridgehead atoms. The van der Waals surface area contributed by atoms with E-state index < -0.39 is 0 Å². The summed E-state index contributed by atoms with van der Waals surface area (Å²) in [6.45, 7) is 0. The lowest BCUT2D eigenvalue weighted by Crippen LogP contribution is -2.10. The third-order valence-electron chi connectivity index (χ3n) is 2.42. The van der Waals surface area contributed by atoms with Gasteiger partial charge in [0, 0.05) is 24.3 Å². The van der Waals surface area contributed by atoms with Crippen LogP contribution in [0.1, 0.15) is 0 Å². The lowest BCUT2D eigenvalue weighted by Gasteiger charge is -2.10. The molecule has 2 rings (SSSR count). The monoisotopic (exact) mass is 277 g/mol. The minimum Gasteiger partial charge on any atom is -0.496 e. The van der Waals surface area contributed by atoms with E-state index in [2.05, 4.69) is 15.4 Å². The first kappa shape index (κ1) is 13.7. The van der Waals surface area contributed by atoms with E-state index in [1.165, 1.54) is 6.07 Å². The van der Waals surface area contributed by atoms with Gasteiger partial charge in [0.05, 0.1) is 14.2 Å². The van der Waals surface area contributed by atoms with Crippen LogP contribution in [0, 0.1) is 0 Å². The molecule has 2 aromatic rings. The molecule has 1 aromatic carbocycles. The maximum Gasteiger partial charge on any atom is 0.226 e. The number of nitrogens with one attached hydrogen (secondary N) is 1. The van der Waals surface area contributed by atoms with Gasteiger partial charge in [0.15, 0.2) is 0 Å². The van der Waals surface area contributed by atoms with Gasteiger partial charge < -0.3 is 25.4 Å². The van der Waals surface area contributed by atoms with Crippen molar-refractivity contribution in [1.82, 2.24) is 9.97 Å². The highest BCUT2D eigenvalue weighted by atomic mass is 16.5. The molecular weight excluding hydrogens is 262 g/mol. The number of nitrogens with two attached hydrogens (primary N) is 2. The summed E-state index contributed by atoms with van der Waals surface area (Å²) in [6, 6.07) is 6.63. The second-order valence-electron chi connectivity index (χ2n) is 3.74. The van der Waals surface area contributed by atoms with Gasteiger partial charge in [-0.25, -0.2) is 5.84 Å². The molecule has 0 fully saturated rings. The van der Waals surface area contributed by atoms with Gasteiger partial charge in [-0.3, -0.25) is 0 Å². The van der Waals surface area contributed by atoms with E-state index in [9.17, 15) is 0 Å². The van der Waals surface area contributed by atoms with E-state index in [-0.39, 0.29) is 11.8 Å². The average molecular weight is 277 g/mol. The Balaban J connectivity index is 2.31. The molecule has 0 radical (unpaired) electrons. The maximum atomic E-state index is 5.60. The molecule has 0 spiro atoms. The number of hydrogen-bond acceptors (Lipinski definition) is 8. The fourth-order valence-corrected chi connectivity index (χ4v) is 1.53. The topological polar surface area (TPSA) is 118 Å². The van der Waals surface area contributed by atoms with Crippen LogP contribution in [0.25, 0.3) is 0 Å². The predicted octanol–water partition coefficient (Wildman–Crippen LogP) is 1.15. The molecule has 106 valence electrons. The molecule has 0 atom stereocenters. The summed E-state index contributed by atoms with van der Waals surface area (Å²) in [4.78, 5) is 7.82. The van der Waals surface area contributed by atoms with Gasteiger partial charge in [0.25, 0.3) is 0 Å². The van der Waals surface area contributed by atoms with Crippen molar-refractivity contribution in [3.05, 3.63) is 24.3 Å². The summed E-state index contributed by atoms with van der Waals surface area (Å²) >= 11 is 0. The Bertz CT molecular complexity index is 583. The number of hydrogen-bond donors (Lipinski definition) is 3. The SMILES string of the molecule is COc1cc(OC)cc(Oc2cc(NN)nc(N)n2)c1. The molecule has 1 heterocycles. The number of rotatable bonds is 5. The van der Waals surface area contributed by atoms with Gasteiger partial charge in [0.2, 0.25) is 11.8 Å². The van der Waals surface area contributed by atoms with Crippen LogP contribution >= 0.6 is 0 Å². The third-order valence-corrected chi connectivity index (χ3v) is 2.42. The van der Waals surface area contributed by atoms with Gasteiger partial charge in [0.1, 0.15) is 23.1 Å². The Morgan fingerprint density at radius 1 is 0.950 bits per heavy atom. The van der Waals surface area contributed by atoms with Gasteiger partial charge >= 0.3 is 0 Å². The molecule has 20 heavy (non-hydrogen) atoms. The molecule has 0 amide bonds. The summed E-state index contributed by atoms with van der Waals surface area (Å²) in [5.41, 5.74) is 7.93. The molecular formula is C12H15N5O3. The third kappa shape index (κ3) is 3.18. The zero-order valence-corrected chi connectivity index (χ0v) is 11.1. The smallest absolute Gasteiger partial charge is 0.226 e. The van der Waals surface area contributed by atoms with Crippen molar-refractivity contribution in [2.45, 2.75) is 0 Å². The van der Waals surface area contributed by atoms with Crippen LogP contribution in [0.5, 0.6) is 23.1 Å². The first-order valence-electron chi connectivity index (χ1n) is 5.66. The molecule has 8 nitrogen and oxygen atoms in total. The normalized spacial score (nSPS) is 9.95. The number of ether oxygens (including phenoxy) is 3. The Morgan fingerprint density at radius 3 is 2.10 bits per heavy atom. The van der Waals surface area contributed by atoms with E-state index in [0.29, 0.717) is 23.1 Å². The Hall–Kier alpha value is -2.74. The number of nitrogens with zero attached hydrogens (tertiary/aromatic N) is 2. The molecule has 0 aliphatic rings. The molecule has 0 aliphatic carbocycles. The van der Waals surface area contributed by atoms with Crippen molar-refractivity contribution in [2.24, 2.45) is 5.84 Å². The van der Waals surface area contributed by atoms with E-state index >= 15 is 0 Å². The van der Waals surface area contributed by atoms with Gasteiger partial charge in [-0.2, -0.15) is 9.97 Å². The summed E-state index contributed by atoms with van der Waals surface area (Å²) < 4.78 is 15.9. The standard InChI is InChI=1S/C12H15N5O3/c1-18-7-3-8(19-2)5-9(4-7)20-11-6-10(17-14)15-12(13)16-11/h3-6H,14H2,1-2H3,(H3,13,15,16,17). The van der Waals surface area contributed by atoms with E-state index in [0.717, 1.165) is 0 Å². The minimum absolute atomic E-state index is 0.0466. The van der Waals surface area contributed by atoms with Crippen LogP contribution in [-0.2, 0) is 0 Å². The highest BCUT2D eigenvalue weighted by Crippen LogP contribution is 2.30. The maximum absolute atomic E-state index is 5.60. The fourth-order valence-electron chi connectivity index (χ4n) is 1.53. The molecule has 1 aromatic heterocycles. The lowest BCUT2D eigenvalue weighted by atomic mass is 10.3. The molecule has 0 aliphatic heterocycles. The number of benzene rings is 1. The quantitative estimate of drug-likeness (QED) is 0.550. The highest BCUT2D eigenvalue weighted by Gasteiger charge is 2.07. The van der Waals surface area contributed by atoms with Crippen molar-refractivity contribution in [3.63, 3.8) is 0 Å². The van der Waals surface area contributed by atoms with Crippen molar-refractivity contribution >= 4 is 11.8 Å². The largest absolute Gasteiger partial charge is 0.496 e. The Kier molecular flexibility index (Phi) is 4.06. The van der Waals surface area contributed by atoms with Crippen LogP contribution in [-0.4, -0.2) is 24.2 Å². The molecule has 0 saturated carbocycles. The summed E-state index contributed by atoms with van der Waals surface area (Å²) in [5.74, 6) is 7.61. The Morgan fingerprint density at radius 2 is 1.55 bits per heavy atom. The zero-order chi connectivity index (χ0) is 14.5.